The van der Waals surface area contributed by atoms with Crippen LogP contribution in [0.2, 0.25) is 5.02 Å². The zero-order valence-corrected chi connectivity index (χ0v) is 7.85. The monoisotopic (exact) mass is 193 g/mol. The molecule has 0 saturated heterocycles. The van der Waals surface area contributed by atoms with Crippen LogP contribution in [0, 0.1) is 11.8 Å². The van der Waals surface area contributed by atoms with Crippen LogP contribution in [0.15, 0.2) is 24.3 Å². The molecule has 3 heteroatoms. The van der Waals surface area contributed by atoms with Crippen LogP contribution in [-0.4, -0.2) is 13.0 Å². The highest BCUT2D eigenvalue weighted by Crippen LogP contribution is 2.12. The molecule has 0 heterocycles. The zero-order chi connectivity index (χ0) is 9.68. The van der Waals surface area contributed by atoms with Crippen molar-refractivity contribution >= 4 is 17.5 Å². The normalized spacial score (nSPS) is 8.46. The van der Waals surface area contributed by atoms with Crippen LogP contribution in [0.3, 0.4) is 0 Å². The second-order valence-corrected chi connectivity index (χ2v) is 2.72. The fourth-order valence-electron chi connectivity index (χ4n) is 0.749. The molecule has 0 unspecified atom stereocenters. The largest absolute Gasteiger partial charge is 0.348 e. The summed E-state index contributed by atoms with van der Waals surface area (Å²) in [5.74, 6) is 4.76. The highest BCUT2D eigenvalue weighted by atomic mass is 35.5. The molecular weight excluding hydrogens is 186 g/mol. The molecule has 1 N–H and O–H groups in total. The van der Waals surface area contributed by atoms with E-state index in [0.717, 1.165) is 0 Å². The number of carbonyl (C=O) groups is 1. The standard InChI is InChI=1S/C10H8ClNO/c1-12-10(13)7-6-8-4-2-3-5-9(8)11/h2-5H,1H3,(H,12,13). The Kier molecular flexibility index (Phi) is 3.36. The molecule has 66 valence electrons. The van der Waals surface area contributed by atoms with E-state index in [1.807, 2.05) is 12.1 Å². The maximum Gasteiger partial charge on any atom is 0.295 e. The van der Waals surface area contributed by atoms with Gasteiger partial charge in [0.15, 0.2) is 0 Å². The van der Waals surface area contributed by atoms with E-state index in [9.17, 15) is 4.79 Å². The van der Waals surface area contributed by atoms with Crippen molar-refractivity contribution in [2.24, 2.45) is 0 Å². The third-order valence-corrected chi connectivity index (χ3v) is 1.74. The Hall–Kier alpha value is -1.46. The van der Waals surface area contributed by atoms with Crippen LogP contribution < -0.4 is 5.32 Å². The van der Waals surface area contributed by atoms with Gasteiger partial charge >= 0.3 is 0 Å². The first-order valence-corrected chi connectivity index (χ1v) is 4.10. The lowest BCUT2D eigenvalue weighted by Crippen LogP contribution is -2.14. The Bertz CT molecular complexity index is 376. The van der Waals surface area contributed by atoms with Crippen LogP contribution in [-0.2, 0) is 4.79 Å². The molecule has 0 aliphatic heterocycles. The number of amides is 1. The van der Waals surface area contributed by atoms with E-state index in [1.165, 1.54) is 7.05 Å². The van der Waals surface area contributed by atoms with Crippen LogP contribution in [0.25, 0.3) is 0 Å². The summed E-state index contributed by atoms with van der Waals surface area (Å²) in [5.41, 5.74) is 0.660. The SMILES string of the molecule is CNC(=O)C#Cc1ccccc1Cl. The van der Waals surface area contributed by atoms with Gasteiger partial charge in [-0.3, -0.25) is 4.79 Å². The molecule has 1 aromatic rings. The van der Waals surface area contributed by atoms with Crippen molar-refractivity contribution in [1.29, 1.82) is 0 Å². The average molecular weight is 194 g/mol. The van der Waals surface area contributed by atoms with Crippen LogP contribution in [0.5, 0.6) is 0 Å². The van der Waals surface area contributed by atoms with Crippen LogP contribution >= 0.6 is 11.6 Å². The summed E-state index contributed by atoms with van der Waals surface area (Å²) in [7, 11) is 1.53. The van der Waals surface area contributed by atoms with Crippen molar-refractivity contribution in [1.82, 2.24) is 5.32 Å². The molecule has 0 aliphatic rings. The van der Waals surface area contributed by atoms with Crippen molar-refractivity contribution in [2.75, 3.05) is 7.05 Å². The fourth-order valence-corrected chi connectivity index (χ4v) is 0.932. The van der Waals surface area contributed by atoms with E-state index in [1.54, 1.807) is 12.1 Å². The van der Waals surface area contributed by atoms with Gasteiger partial charge < -0.3 is 5.32 Å². The number of halogens is 1. The summed E-state index contributed by atoms with van der Waals surface area (Å²) in [5, 5.41) is 2.95. The first kappa shape index (κ1) is 9.63. The Morgan fingerprint density at radius 1 is 1.46 bits per heavy atom. The van der Waals surface area contributed by atoms with E-state index >= 15 is 0 Å². The Morgan fingerprint density at radius 2 is 2.15 bits per heavy atom. The van der Waals surface area contributed by atoms with Crippen molar-refractivity contribution in [3.8, 4) is 11.8 Å². The second-order valence-electron chi connectivity index (χ2n) is 2.31. The summed E-state index contributed by atoms with van der Waals surface area (Å²) in [6.45, 7) is 0. The molecule has 0 atom stereocenters. The number of hydrogen-bond donors (Lipinski definition) is 1. The summed E-state index contributed by atoms with van der Waals surface area (Å²) < 4.78 is 0. The van der Waals surface area contributed by atoms with Crippen molar-refractivity contribution in [2.45, 2.75) is 0 Å². The van der Waals surface area contributed by atoms with Gasteiger partial charge in [-0.15, -0.1) is 0 Å². The molecule has 0 spiro atoms. The molecule has 1 rings (SSSR count). The topological polar surface area (TPSA) is 29.1 Å². The highest BCUT2D eigenvalue weighted by Gasteiger charge is 1.93. The second kappa shape index (κ2) is 4.54. The molecular formula is C10H8ClNO. The highest BCUT2D eigenvalue weighted by molar-refractivity contribution is 6.31. The van der Waals surface area contributed by atoms with Gasteiger partial charge in [0, 0.05) is 18.5 Å². The summed E-state index contributed by atoms with van der Waals surface area (Å²) in [4.78, 5) is 10.8. The summed E-state index contributed by atoms with van der Waals surface area (Å²) in [6.07, 6.45) is 0. The lowest BCUT2D eigenvalue weighted by atomic mass is 10.2. The van der Waals surface area contributed by atoms with E-state index in [4.69, 9.17) is 11.6 Å². The van der Waals surface area contributed by atoms with E-state index < -0.39 is 0 Å². The van der Waals surface area contributed by atoms with Gasteiger partial charge in [-0.25, -0.2) is 0 Å². The van der Waals surface area contributed by atoms with Crippen LogP contribution in [0.4, 0.5) is 0 Å². The van der Waals surface area contributed by atoms with Gasteiger partial charge in [0.25, 0.3) is 5.91 Å². The number of hydrogen-bond acceptors (Lipinski definition) is 1. The predicted molar refractivity (Wildman–Crippen MR) is 52.4 cm³/mol. The zero-order valence-electron chi connectivity index (χ0n) is 7.10. The number of nitrogens with one attached hydrogen (secondary N) is 1. The van der Waals surface area contributed by atoms with E-state index in [0.29, 0.717) is 10.6 Å². The molecule has 1 amide bonds. The van der Waals surface area contributed by atoms with Gasteiger partial charge in [0.1, 0.15) is 0 Å². The van der Waals surface area contributed by atoms with Gasteiger partial charge in [-0.1, -0.05) is 29.7 Å². The van der Waals surface area contributed by atoms with Crippen molar-refractivity contribution in [3.63, 3.8) is 0 Å². The average Bonchev–Trinajstić information content (AvgIpc) is 2.16. The van der Waals surface area contributed by atoms with Gasteiger partial charge in [0.05, 0.1) is 5.02 Å². The molecule has 1 aromatic carbocycles. The minimum absolute atomic E-state index is 0.320. The fraction of sp³-hybridized carbons (Fsp3) is 0.100. The Morgan fingerprint density at radius 3 is 2.77 bits per heavy atom. The molecule has 0 saturated carbocycles. The van der Waals surface area contributed by atoms with Crippen LogP contribution in [0.1, 0.15) is 5.56 Å². The third-order valence-electron chi connectivity index (χ3n) is 1.41. The molecule has 0 aliphatic carbocycles. The minimum atomic E-state index is -0.320. The first-order valence-electron chi connectivity index (χ1n) is 3.72. The Labute approximate surface area is 81.9 Å². The maximum atomic E-state index is 10.8. The molecule has 0 radical (unpaired) electrons. The molecule has 0 aromatic heterocycles. The summed E-state index contributed by atoms with van der Waals surface area (Å²) >= 11 is 5.82. The number of rotatable bonds is 0. The van der Waals surface area contributed by atoms with Crippen molar-refractivity contribution < 1.29 is 4.79 Å². The van der Waals surface area contributed by atoms with E-state index in [-0.39, 0.29) is 5.91 Å². The lowest BCUT2D eigenvalue weighted by molar-refractivity contribution is -0.115. The third kappa shape index (κ3) is 2.81. The smallest absolute Gasteiger partial charge is 0.295 e. The Balaban J connectivity index is 2.89. The molecule has 13 heavy (non-hydrogen) atoms. The van der Waals surface area contributed by atoms with Gasteiger partial charge in [0.2, 0.25) is 0 Å². The first-order chi connectivity index (χ1) is 6.24. The van der Waals surface area contributed by atoms with Crippen molar-refractivity contribution in [3.05, 3.63) is 34.9 Å². The quantitative estimate of drug-likeness (QED) is 0.621. The van der Waals surface area contributed by atoms with Gasteiger partial charge in [-0.2, -0.15) is 0 Å². The predicted octanol–water partition coefficient (Wildman–Crippen LogP) is 1.44. The lowest BCUT2D eigenvalue weighted by Gasteiger charge is -1.92. The molecule has 0 fully saturated rings. The van der Waals surface area contributed by atoms with E-state index in [2.05, 4.69) is 17.2 Å². The molecule has 0 bridgehead atoms. The van der Waals surface area contributed by atoms with Gasteiger partial charge in [-0.05, 0) is 12.1 Å². The maximum absolute atomic E-state index is 10.8. The minimum Gasteiger partial charge on any atom is -0.348 e. The molecule has 2 nitrogen and oxygen atoms in total. The number of carbonyl (C=O) groups excluding carboxylic acids is 1. The number of benzene rings is 1. The summed E-state index contributed by atoms with van der Waals surface area (Å²) in [6, 6.07) is 7.13.